The normalized spacial score (nSPS) is 28.3. The second kappa shape index (κ2) is 4.15. The van der Waals surface area contributed by atoms with E-state index in [-0.39, 0.29) is 18.9 Å². The van der Waals surface area contributed by atoms with Crippen molar-refractivity contribution in [2.24, 2.45) is 0 Å². The van der Waals surface area contributed by atoms with Gasteiger partial charge in [-0.3, -0.25) is 4.68 Å². The van der Waals surface area contributed by atoms with Crippen LogP contribution in [0.1, 0.15) is 36.9 Å². The van der Waals surface area contributed by atoms with E-state index in [2.05, 4.69) is 33.0 Å². The molecule has 3 rings (SSSR count). The van der Waals surface area contributed by atoms with Crippen LogP contribution < -0.4 is 5.32 Å². The van der Waals surface area contributed by atoms with Crippen molar-refractivity contribution in [1.29, 1.82) is 0 Å². The van der Waals surface area contributed by atoms with E-state index in [1.54, 1.807) is 0 Å². The molecule has 1 N–H and O–H groups in total. The Morgan fingerprint density at radius 1 is 1.47 bits per heavy atom. The quantitative estimate of drug-likeness (QED) is 0.829. The van der Waals surface area contributed by atoms with E-state index in [4.69, 9.17) is 0 Å². The summed E-state index contributed by atoms with van der Waals surface area (Å²) in [6, 6.07) is 1.91. The summed E-state index contributed by atoms with van der Waals surface area (Å²) in [4.78, 5) is 0. The molecule has 0 radical (unpaired) electrons. The van der Waals surface area contributed by atoms with Gasteiger partial charge in [-0.2, -0.15) is 5.10 Å². The molecule has 0 bridgehead atoms. The van der Waals surface area contributed by atoms with Crippen LogP contribution in [0, 0.1) is 3.70 Å². The summed E-state index contributed by atoms with van der Waals surface area (Å²) in [5.41, 5.74) is 1.12. The maximum atomic E-state index is 13.3. The van der Waals surface area contributed by atoms with Crippen LogP contribution in [0.2, 0.25) is 0 Å². The minimum Gasteiger partial charge on any atom is -0.315 e. The standard InChI is InChI=1S/C11H14F2IN3/c12-11(13)2-1-8(4-11)17-9(3-10(14)16-17)7-5-15-6-7/h3,7-8,15H,1-2,4-6H2. The first kappa shape index (κ1) is 11.8. The lowest BCUT2D eigenvalue weighted by molar-refractivity contribution is 0.00501. The molecule has 1 saturated heterocycles. The summed E-state index contributed by atoms with van der Waals surface area (Å²) in [5, 5.41) is 7.61. The van der Waals surface area contributed by atoms with E-state index >= 15 is 0 Å². The molecular formula is C11H14F2IN3. The van der Waals surface area contributed by atoms with Gasteiger partial charge in [-0.25, -0.2) is 8.78 Å². The van der Waals surface area contributed by atoms with Crippen LogP contribution in [0.4, 0.5) is 8.78 Å². The highest BCUT2D eigenvalue weighted by Gasteiger charge is 2.41. The van der Waals surface area contributed by atoms with Crippen LogP contribution in [-0.4, -0.2) is 28.8 Å². The zero-order chi connectivity index (χ0) is 12.0. The maximum absolute atomic E-state index is 13.3. The van der Waals surface area contributed by atoms with Crippen LogP contribution in [-0.2, 0) is 0 Å². The number of aromatic nitrogens is 2. The fraction of sp³-hybridized carbons (Fsp3) is 0.727. The Bertz CT molecular complexity index is 428. The molecule has 94 valence electrons. The fourth-order valence-electron chi connectivity index (χ4n) is 2.61. The number of hydrogen-bond acceptors (Lipinski definition) is 2. The van der Waals surface area contributed by atoms with Crippen molar-refractivity contribution in [1.82, 2.24) is 15.1 Å². The van der Waals surface area contributed by atoms with Crippen molar-refractivity contribution >= 4 is 22.6 Å². The molecule has 1 saturated carbocycles. The molecule has 1 aromatic rings. The SMILES string of the molecule is FC1(F)CCC(n2nc(I)cc2C2CNC2)C1. The average Bonchev–Trinajstić information content (AvgIpc) is 2.67. The number of hydrogen-bond donors (Lipinski definition) is 1. The molecule has 2 heterocycles. The zero-order valence-electron chi connectivity index (χ0n) is 9.30. The second-order valence-electron chi connectivity index (χ2n) is 4.94. The summed E-state index contributed by atoms with van der Waals surface area (Å²) >= 11 is 2.16. The highest BCUT2D eigenvalue weighted by Crippen LogP contribution is 2.42. The molecule has 17 heavy (non-hydrogen) atoms. The van der Waals surface area contributed by atoms with Crippen LogP contribution in [0.15, 0.2) is 6.07 Å². The summed E-state index contributed by atoms with van der Waals surface area (Å²) in [7, 11) is 0. The predicted octanol–water partition coefficient (Wildman–Crippen LogP) is 2.53. The Morgan fingerprint density at radius 3 is 2.76 bits per heavy atom. The number of alkyl halides is 2. The van der Waals surface area contributed by atoms with Crippen molar-refractivity contribution in [2.45, 2.75) is 37.1 Å². The summed E-state index contributed by atoms with van der Waals surface area (Å²) in [6.07, 6.45) is 0.478. The van der Waals surface area contributed by atoms with Gasteiger partial charge in [-0.15, -0.1) is 0 Å². The molecule has 2 fully saturated rings. The van der Waals surface area contributed by atoms with Gasteiger partial charge in [0.25, 0.3) is 0 Å². The molecule has 1 aliphatic carbocycles. The van der Waals surface area contributed by atoms with Gasteiger partial charge in [0.05, 0.1) is 6.04 Å². The molecule has 1 atom stereocenters. The number of nitrogens with one attached hydrogen (secondary N) is 1. The van der Waals surface area contributed by atoms with E-state index in [0.717, 1.165) is 22.5 Å². The smallest absolute Gasteiger partial charge is 0.250 e. The summed E-state index contributed by atoms with van der Waals surface area (Å²) in [5.74, 6) is -2.06. The largest absolute Gasteiger partial charge is 0.315 e. The second-order valence-corrected chi connectivity index (χ2v) is 6.05. The molecule has 0 amide bonds. The molecule has 6 heteroatoms. The van der Waals surface area contributed by atoms with Gasteiger partial charge >= 0.3 is 0 Å². The van der Waals surface area contributed by atoms with E-state index in [1.165, 1.54) is 0 Å². The minimum absolute atomic E-state index is 0.00351. The molecule has 3 nitrogen and oxygen atoms in total. The average molecular weight is 353 g/mol. The molecule has 1 aromatic heterocycles. The number of nitrogens with zero attached hydrogens (tertiary/aromatic N) is 2. The lowest BCUT2D eigenvalue weighted by Crippen LogP contribution is -2.41. The van der Waals surface area contributed by atoms with Crippen molar-refractivity contribution in [3.05, 3.63) is 15.5 Å². The number of halogens is 3. The Labute approximate surface area is 112 Å². The van der Waals surface area contributed by atoms with E-state index < -0.39 is 5.92 Å². The van der Waals surface area contributed by atoms with Crippen molar-refractivity contribution in [2.75, 3.05) is 13.1 Å². The summed E-state index contributed by atoms with van der Waals surface area (Å²) in [6.45, 7) is 1.87. The minimum atomic E-state index is -2.50. The highest BCUT2D eigenvalue weighted by molar-refractivity contribution is 14.1. The molecule has 1 unspecified atom stereocenters. The maximum Gasteiger partial charge on any atom is 0.250 e. The topological polar surface area (TPSA) is 29.9 Å². The van der Waals surface area contributed by atoms with E-state index in [9.17, 15) is 8.78 Å². The van der Waals surface area contributed by atoms with Crippen LogP contribution in [0.3, 0.4) is 0 Å². The lowest BCUT2D eigenvalue weighted by atomic mass is 9.99. The lowest BCUT2D eigenvalue weighted by Gasteiger charge is -2.29. The van der Waals surface area contributed by atoms with Crippen LogP contribution >= 0.6 is 22.6 Å². The third-order valence-electron chi connectivity index (χ3n) is 3.66. The fourth-order valence-corrected chi connectivity index (χ4v) is 3.16. The first-order chi connectivity index (χ1) is 8.05. The number of rotatable bonds is 2. The van der Waals surface area contributed by atoms with Gasteiger partial charge in [-0.1, -0.05) is 0 Å². The van der Waals surface area contributed by atoms with Gasteiger partial charge in [0.1, 0.15) is 3.70 Å². The molecular weight excluding hydrogens is 339 g/mol. The Morgan fingerprint density at radius 2 is 2.24 bits per heavy atom. The molecule has 1 aliphatic heterocycles. The highest BCUT2D eigenvalue weighted by atomic mass is 127. The van der Waals surface area contributed by atoms with Gasteiger partial charge in [0.2, 0.25) is 5.92 Å². The Kier molecular flexibility index (Phi) is 2.89. The van der Waals surface area contributed by atoms with Crippen molar-refractivity contribution in [3.63, 3.8) is 0 Å². The Balaban J connectivity index is 1.87. The first-order valence-electron chi connectivity index (χ1n) is 5.89. The van der Waals surface area contributed by atoms with Crippen molar-refractivity contribution < 1.29 is 8.78 Å². The van der Waals surface area contributed by atoms with Crippen LogP contribution in [0.5, 0.6) is 0 Å². The van der Waals surface area contributed by atoms with Crippen LogP contribution in [0.25, 0.3) is 0 Å². The molecule has 2 aliphatic rings. The van der Waals surface area contributed by atoms with E-state index in [1.807, 2.05) is 10.7 Å². The molecule has 0 aromatic carbocycles. The summed E-state index contributed by atoms with van der Waals surface area (Å²) < 4.78 is 29.3. The van der Waals surface area contributed by atoms with Gasteiger partial charge < -0.3 is 5.32 Å². The third-order valence-corrected chi connectivity index (χ3v) is 4.19. The Hall–Kier alpha value is -0.240. The predicted molar refractivity (Wildman–Crippen MR) is 68.4 cm³/mol. The van der Waals surface area contributed by atoms with Crippen molar-refractivity contribution in [3.8, 4) is 0 Å². The first-order valence-corrected chi connectivity index (χ1v) is 6.96. The third kappa shape index (κ3) is 2.21. The zero-order valence-corrected chi connectivity index (χ0v) is 11.5. The van der Waals surface area contributed by atoms with Gasteiger partial charge in [0.15, 0.2) is 0 Å². The van der Waals surface area contributed by atoms with Gasteiger partial charge in [0, 0.05) is 37.5 Å². The van der Waals surface area contributed by atoms with E-state index in [0.29, 0.717) is 12.3 Å². The monoisotopic (exact) mass is 353 g/mol. The van der Waals surface area contributed by atoms with Gasteiger partial charge in [-0.05, 0) is 35.1 Å². The molecule has 0 spiro atoms.